The summed E-state index contributed by atoms with van der Waals surface area (Å²) in [6, 6.07) is 3.68. The van der Waals surface area contributed by atoms with Crippen LogP contribution in [0, 0.1) is 0 Å². The van der Waals surface area contributed by atoms with Crippen LogP contribution in [0.5, 0.6) is 17.2 Å². The zero-order valence-corrected chi connectivity index (χ0v) is 10.6. The topological polar surface area (TPSA) is 52.1 Å². The molecule has 0 aliphatic heterocycles. The second kappa shape index (κ2) is 6.62. The van der Waals surface area contributed by atoms with E-state index in [-0.39, 0.29) is 0 Å². The molecule has 5 heteroatoms. The molecule has 0 saturated heterocycles. The molecule has 0 unspecified atom stereocenters. The van der Waals surface area contributed by atoms with Gasteiger partial charge >= 0.3 is 0 Å². The highest BCUT2D eigenvalue weighted by Gasteiger charge is 2.12. The Balaban J connectivity index is 3.18. The summed E-state index contributed by atoms with van der Waals surface area (Å²) in [6.45, 7) is 2.46. The lowest BCUT2D eigenvalue weighted by atomic mass is 10.2. The Bertz CT molecular complexity index is 366. The minimum Gasteiger partial charge on any atom is -0.493 e. The van der Waals surface area contributed by atoms with Crippen LogP contribution in [0.25, 0.3) is 0 Å². The number of hydrogen-bond donors (Lipinski definition) is 1. The number of hydrogen-bond acceptors (Lipinski definition) is 5. The minimum atomic E-state index is 0.552. The van der Waals surface area contributed by atoms with E-state index in [1.807, 2.05) is 19.1 Å². The van der Waals surface area contributed by atoms with Gasteiger partial charge in [0.1, 0.15) is 0 Å². The van der Waals surface area contributed by atoms with Gasteiger partial charge in [0.05, 0.1) is 27.0 Å². The minimum absolute atomic E-state index is 0.552. The number of methoxy groups -OCH3 is 2. The maximum atomic E-state index is 5.50. The Kier molecular flexibility index (Phi) is 5.13. The van der Waals surface area contributed by atoms with Crippen LogP contribution in [-0.2, 0) is 0 Å². The summed E-state index contributed by atoms with van der Waals surface area (Å²) >= 11 is 0. The van der Waals surface area contributed by atoms with E-state index in [0.29, 0.717) is 23.9 Å². The molecule has 0 aliphatic carbocycles. The van der Waals surface area contributed by atoms with E-state index in [1.165, 1.54) is 0 Å². The molecule has 17 heavy (non-hydrogen) atoms. The van der Waals surface area contributed by atoms with E-state index in [9.17, 15) is 0 Å². The molecule has 1 rings (SSSR count). The first-order valence-corrected chi connectivity index (χ1v) is 5.35. The molecular weight excluding hydrogens is 220 g/mol. The third-order valence-electron chi connectivity index (χ3n) is 2.11. The van der Waals surface area contributed by atoms with Gasteiger partial charge in [-0.15, -0.1) is 0 Å². The first kappa shape index (κ1) is 13.2. The van der Waals surface area contributed by atoms with E-state index in [2.05, 4.69) is 10.5 Å². The Morgan fingerprint density at radius 1 is 1.24 bits per heavy atom. The third-order valence-corrected chi connectivity index (χ3v) is 2.11. The van der Waals surface area contributed by atoms with Gasteiger partial charge in [-0.25, -0.2) is 0 Å². The largest absolute Gasteiger partial charge is 0.493 e. The summed E-state index contributed by atoms with van der Waals surface area (Å²) in [5, 5.41) is 3.94. The second-order valence-corrected chi connectivity index (χ2v) is 3.17. The van der Waals surface area contributed by atoms with Crippen molar-refractivity contribution in [3.8, 4) is 17.2 Å². The highest BCUT2D eigenvalue weighted by Crippen LogP contribution is 2.38. The lowest BCUT2D eigenvalue weighted by molar-refractivity contribution is 0.288. The fourth-order valence-electron chi connectivity index (χ4n) is 1.40. The predicted octanol–water partition coefficient (Wildman–Crippen LogP) is 1.66. The van der Waals surface area contributed by atoms with Gasteiger partial charge in [-0.05, 0) is 19.1 Å². The van der Waals surface area contributed by atoms with Crippen LogP contribution in [0.3, 0.4) is 0 Å². The van der Waals surface area contributed by atoms with Gasteiger partial charge in [0.15, 0.2) is 11.5 Å². The maximum absolute atomic E-state index is 5.50. The number of rotatable bonds is 6. The molecule has 0 saturated carbocycles. The van der Waals surface area contributed by atoms with Crippen molar-refractivity contribution < 1.29 is 14.2 Å². The molecule has 0 spiro atoms. The molecule has 0 aromatic heterocycles. The average molecular weight is 238 g/mol. The van der Waals surface area contributed by atoms with Crippen LogP contribution in [0.2, 0.25) is 0 Å². The molecule has 5 nitrogen and oxygen atoms in total. The van der Waals surface area contributed by atoms with Gasteiger partial charge in [-0.3, -0.25) is 0 Å². The van der Waals surface area contributed by atoms with Gasteiger partial charge in [0, 0.05) is 12.6 Å². The molecule has 0 heterocycles. The number of hydrazone groups is 1. The molecular formula is C12H18N2O3. The van der Waals surface area contributed by atoms with Crippen molar-refractivity contribution in [2.24, 2.45) is 5.10 Å². The molecule has 1 aromatic rings. The van der Waals surface area contributed by atoms with Gasteiger partial charge in [0.25, 0.3) is 0 Å². The summed E-state index contributed by atoms with van der Waals surface area (Å²) in [6.07, 6.45) is 1.68. The van der Waals surface area contributed by atoms with Crippen molar-refractivity contribution in [2.45, 2.75) is 6.92 Å². The van der Waals surface area contributed by atoms with Crippen LogP contribution >= 0.6 is 0 Å². The number of nitrogens with one attached hydrogen (secondary N) is 1. The number of nitrogens with zero attached hydrogens (tertiary/aromatic N) is 1. The quantitative estimate of drug-likeness (QED) is 0.605. The van der Waals surface area contributed by atoms with Crippen molar-refractivity contribution in [3.63, 3.8) is 0 Å². The van der Waals surface area contributed by atoms with Crippen LogP contribution < -0.4 is 19.6 Å². The highest BCUT2D eigenvalue weighted by molar-refractivity contribution is 5.82. The lowest BCUT2D eigenvalue weighted by Gasteiger charge is -2.14. The van der Waals surface area contributed by atoms with E-state index in [1.54, 1.807) is 27.5 Å². The molecule has 0 amide bonds. The van der Waals surface area contributed by atoms with Crippen LogP contribution in [0.15, 0.2) is 17.2 Å². The zero-order valence-electron chi connectivity index (χ0n) is 10.6. The Hall–Kier alpha value is -1.91. The number of ether oxygens (including phenoxy) is 3. The van der Waals surface area contributed by atoms with Crippen molar-refractivity contribution in [2.75, 3.05) is 27.9 Å². The van der Waals surface area contributed by atoms with Gasteiger partial charge in [-0.2, -0.15) is 5.10 Å². The highest BCUT2D eigenvalue weighted by atomic mass is 16.5. The first-order valence-electron chi connectivity index (χ1n) is 5.35. The molecule has 0 atom stereocenters. The summed E-state index contributed by atoms with van der Waals surface area (Å²) in [5.74, 6) is 1.87. The summed E-state index contributed by atoms with van der Waals surface area (Å²) in [7, 11) is 4.92. The lowest BCUT2D eigenvalue weighted by Crippen LogP contribution is -2.01. The molecule has 0 radical (unpaired) electrons. The summed E-state index contributed by atoms with van der Waals surface area (Å²) in [5.41, 5.74) is 3.56. The molecule has 0 bridgehead atoms. The standard InChI is InChI=1S/C12H18N2O3/c1-5-17-12-10(15-3)6-9(8-14-13-2)7-11(12)16-4/h6-8,13H,5H2,1-4H3/b14-8+. The third kappa shape index (κ3) is 3.27. The molecule has 94 valence electrons. The average Bonchev–Trinajstić information content (AvgIpc) is 2.37. The van der Waals surface area contributed by atoms with E-state index in [4.69, 9.17) is 14.2 Å². The Morgan fingerprint density at radius 3 is 2.24 bits per heavy atom. The van der Waals surface area contributed by atoms with Gasteiger partial charge in [0.2, 0.25) is 5.75 Å². The fraction of sp³-hybridized carbons (Fsp3) is 0.417. The van der Waals surface area contributed by atoms with E-state index >= 15 is 0 Å². The monoisotopic (exact) mass is 238 g/mol. The smallest absolute Gasteiger partial charge is 0.203 e. The Labute approximate surface area is 101 Å². The Morgan fingerprint density at radius 2 is 1.82 bits per heavy atom. The van der Waals surface area contributed by atoms with Crippen LogP contribution in [0.1, 0.15) is 12.5 Å². The summed E-state index contributed by atoms with van der Waals surface area (Å²) < 4.78 is 16.0. The van der Waals surface area contributed by atoms with Crippen molar-refractivity contribution in [1.82, 2.24) is 5.43 Å². The van der Waals surface area contributed by atoms with Crippen molar-refractivity contribution in [1.29, 1.82) is 0 Å². The van der Waals surface area contributed by atoms with E-state index in [0.717, 1.165) is 5.56 Å². The van der Waals surface area contributed by atoms with Gasteiger partial charge in [-0.1, -0.05) is 0 Å². The van der Waals surface area contributed by atoms with Crippen LogP contribution in [-0.4, -0.2) is 34.1 Å². The van der Waals surface area contributed by atoms with Crippen molar-refractivity contribution in [3.05, 3.63) is 17.7 Å². The molecule has 1 aromatic carbocycles. The summed E-state index contributed by atoms with van der Waals surface area (Å²) in [4.78, 5) is 0. The SMILES string of the molecule is CCOc1c(OC)cc(/C=N/NC)cc1OC. The number of benzene rings is 1. The van der Waals surface area contributed by atoms with Gasteiger partial charge < -0.3 is 19.6 Å². The molecule has 0 fully saturated rings. The normalized spacial score (nSPS) is 10.4. The zero-order chi connectivity index (χ0) is 12.7. The van der Waals surface area contributed by atoms with Crippen LogP contribution in [0.4, 0.5) is 0 Å². The maximum Gasteiger partial charge on any atom is 0.203 e. The fourth-order valence-corrected chi connectivity index (χ4v) is 1.40. The predicted molar refractivity (Wildman–Crippen MR) is 67.4 cm³/mol. The molecule has 1 N–H and O–H groups in total. The first-order chi connectivity index (χ1) is 8.26. The van der Waals surface area contributed by atoms with E-state index < -0.39 is 0 Å². The second-order valence-electron chi connectivity index (χ2n) is 3.17. The molecule has 0 aliphatic rings. The van der Waals surface area contributed by atoms with Crippen molar-refractivity contribution >= 4 is 6.21 Å².